The van der Waals surface area contributed by atoms with Crippen molar-refractivity contribution in [2.24, 2.45) is 0 Å². The second kappa shape index (κ2) is 4.39. The molecular formula is C9H9Cl3N2. The number of nitrogens with zero attached hydrogens (tertiary/aromatic N) is 2. The highest BCUT2D eigenvalue weighted by Crippen LogP contribution is 2.23. The van der Waals surface area contributed by atoms with Crippen LogP contribution >= 0.6 is 35.6 Å². The van der Waals surface area contributed by atoms with Crippen molar-refractivity contribution in [3.8, 4) is 0 Å². The van der Waals surface area contributed by atoms with Crippen molar-refractivity contribution in [2.75, 3.05) is 0 Å². The maximum absolute atomic E-state index is 5.70. The van der Waals surface area contributed by atoms with Gasteiger partial charge in [-0.15, -0.1) is 12.4 Å². The molecule has 0 bridgehead atoms. The lowest BCUT2D eigenvalue weighted by Gasteiger charge is -1.93. The Kier molecular flexibility index (Phi) is 3.65. The van der Waals surface area contributed by atoms with E-state index in [9.17, 15) is 0 Å². The van der Waals surface area contributed by atoms with Crippen LogP contribution < -0.4 is 0 Å². The maximum atomic E-state index is 5.70. The first-order valence-corrected chi connectivity index (χ1v) is 4.77. The number of hydrogen-bond donors (Lipinski definition) is 0. The summed E-state index contributed by atoms with van der Waals surface area (Å²) in [5, 5.41) is 0. The second-order valence-corrected chi connectivity index (χ2v) is 4.03. The van der Waals surface area contributed by atoms with Crippen molar-refractivity contribution in [3.05, 3.63) is 35.8 Å². The van der Waals surface area contributed by atoms with Gasteiger partial charge in [-0.05, 0) is 18.6 Å². The monoisotopic (exact) mass is 250 g/mol. The van der Waals surface area contributed by atoms with E-state index in [1.165, 1.54) is 5.56 Å². The molecule has 0 fully saturated rings. The van der Waals surface area contributed by atoms with Crippen LogP contribution in [0.5, 0.6) is 0 Å². The standard InChI is InChI=1S/C9H8Cl2N2.ClH/c1-6-2-3-8-12-7(9(10)11)5-13(8)4-6;/h2-5,9H,1H3;1H. The Balaban J connectivity index is 0.000000980. The van der Waals surface area contributed by atoms with Gasteiger partial charge in [-0.3, -0.25) is 0 Å². The summed E-state index contributed by atoms with van der Waals surface area (Å²) in [7, 11) is 0. The smallest absolute Gasteiger partial charge is 0.151 e. The molecule has 0 aliphatic carbocycles. The third kappa shape index (κ3) is 2.14. The Bertz CT molecular complexity index is 437. The molecule has 0 amide bonds. The van der Waals surface area contributed by atoms with E-state index < -0.39 is 4.84 Å². The van der Waals surface area contributed by atoms with Crippen LogP contribution in [0.25, 0.3) is 5.65 Å². The van der Waals surface area contributed by atoms with Crippen LogP contribution in [-0.2, 0) is 0 Å². The number of rotatable bonds is 1. The van der Waals surface area contributed by atoms with E-state index >= 15 is 0 Å². The van der Waals surface area contributed by atoms with Crippen molar-refractivity contribution >= 4 is 41.3 Å². The number of halogens is 3. The fourth-order valence-corrected chi connectivity index (χ4v) is 1.44. The molecule has 2 rings (SSSR count). The third-order valence-electron chi connectivity index (χ3n) is 1.84. The largest absolute Gasteiger partial charge is 0.306 e. The first kappa shape index (κ1) is 11.6. The summed E-state index contributed by atoms with van der Waals surface area (Å²) in [4.78, 5) is 3.70. The number of imidazole rings is 1. The van der Waals surface area contributed by atoms with Crippen LogP contribution in [0.1, 0.15) is 16.1 Å². The minimum absolute atomic E-state index is 0. The third-order valence-corrected chi connectivity index (χ3v) is 2.29. The fraction of sp³-hybridized carbons (Fsp3) is 0.222. The van der Waals surface area contributed by atoms with Gasteiger partial charge in [0.2, 0.25) is 0 Å². The topological polar surface area (TPSA) is 17.3 Å². The highest BCUT2D eigenvalue weighted by molar-refractivity contribution is 6.43. The molecule has 2 nitrogen and oxygen atoms in total. The summed E-state index contributed by atoms with van der Waals surface area (Å²) < 4.78 is 1.92. The number of aryl methyl sites for hydroxylation is 1. The minimum atomic E-state index is -0.555. The van der Waals surface area contributed by atoms with Crippen LogP contribution in [-0.4, -0.2) is 9.38 Å². The molecule has 2 aromatic rings. The Morgan fingerprint density at radius 1 is 1.29 bits per heavy atom. The number of hydrogen-bond acceptors (Lipinski definition) is 1. The lowest BCUT2D eigenvalue weighted by molar-refractivity contribution is 1.15. The molecule has 14 heavy (non-hydrogen) atoms. The summed E-state index contributed by atoms with van der Waals surface area (Å²) in [5.74, 6) is 0. The number of aromatic nitrogens is 2. The number of pyridine rings is 1. The first-order valence-electron chi connectivity index (χ1n) is 3.90. The van der Waals surface area contributed by atoms with Crippen LogP contribution in [0.15, 0.2) is 24.5 Å². The molecule has 2 heterocycles. The Morgan fingerprint density at radius 3 is 2.64 bits per heavy atom. The number of alkyl halides is 2. The zero-order valence-electron chi connectivity index (χ0n) is 7.45. The first-order chi connectivity index (χ1) is 6.16. The van der Waals surface area contributed by atoms with E-state index in [1.807, 2.05) is 35.9 Å². The van der Waals surface area contributed by atoms with Gasteiger partial charge in [0, 0.05) is 12.4 Å². The van der Waals surface area contributed by atoms with Crippen molar-refractivity contribution in [2.45, 2.75) is 11.8 Å². The molecule has 0 radical (unpaired) electrons. The minimum Gasteiger partial charge on any atom is -0.306 e. The maximum Gasteiger partial charge on any atom is 0.151 e. The molecular weight excluding hydrogens is 242 g/mol. The van der Waals surface area contributed by atoms with Gasteiger partial charge in [0.15, 0.2) is 4.84 Å². The van der Waals surface area contributed by atoms with Crippen LogP contribution in [0.3, 0.4) is 0 Å². The molecule has 0 N–H and O–H groups in total. The molecule has 0 atom stereocenters. The van der Waals surface area contributed by atoms with Crippen molar-refractivity contribution in [1.82, 2.24) is 9.38 Å². The summed E-state index contributed by atoms with van der Waals surface area (Å²) in [5.41, 5.74) is 2.73. The highest BCUT2D eigenvalue weighted by atomic mass is 35.5. The van der Waals surface area contributed by atoms with Crippen LogP contribution in [0.2, 0.25) is 0 Å². The van der Waals surface area contributed by atoms with Crippen molar-refractivity contribution in [3.63, 3.8) is 0 Å². The Morgan fingerprint density at radius 2 is 2.00 bits per heavy atom. The molecule has 0 aromatic carbocycles. The van der Waals surface area contributed by atoms with Crippen molar-refractivity contribution in [1.29, 1.82) is 0 Å². The normalized spacial score (nSPS) is 10.6. The summed E-state index contributed by atoms with van der Waals surface area (Å²) in [6, 6.07) is 3.94. The van der Waals surface area contributed by atoms with Gasteiger partial charge in [-0.2, -0.15) is 0 Å². The van der Waals surface area contributed by atoms with Crippen LogP contribution in [0.4, 0.5) is 0 Å². The summed E-state index contributed by atoms with van der Waals surface area (Å²) >= 11 is 11.4. The van der Waals surface area contributed by atoms with Gasteiger partial charge in [-0.1, -0.05) is 29.3 Å². The van der Waals surface area contributed by atoms with E-state index in [2.05, 4.69) is 4.98 Å². The Labute approximate surface area is 98.3 Å². The van der Waals surface area contributed by atoms with Gasteiger partial charge in [0.1, 0.15) is 5.65 Å². The van der Waals surface area contributed by atoms with E-state index in [-0.39, 0.29) is 12.4 Å². The van der Waals surface area contributed by atoms with Gasteiger partial charge in [0.05, 0.1) is 5.69 Å². The van der Waals surface area contributed by atoms with Crippen molar-refractivity contribution < 1.29 is 0 Å². The van der Waals surface area contributed by atoms with Gasteiger partial charge >= 0.3 is 0 Å². The van der Waals surface area contributed by atoms with E-state index in [4.69, 9.17) is 23.2 Å². The highest BCUT2D eigenvalue weighted by Gasteiger charge is 2.07. The second-order valence-electron chi connectivity index (χ2n) is 2.94. The summed E-state index contributed by atoms with van der Waals surface area (Å²) in [6.45, 7) is 2.03. The zero-order chi connectivity index (χ0) is 9.42. The molecule has 0 saturated heterocycles. The lowest BCUT2D eigenvalue weighted by atomic mass is 10.3. The zero-order valence-corrected chi connectivity index (χ0v) is 9.77. The Hall–Kier alpha value is -0.440. The average Bonchev–Trinajstić information content (AvgIpc) is 2.46. The number of fused-ring (bicyclic) bond motifs is 1. The molecule has 0 aliphatic rings. The quantitative estimate of drug-likeness (QED) is 0.709. The molecule has 0 unspecified atom stereocenters. The van der Waals surface area contributed by atoms with E-state index in [1.54, 1.807) is 0 Å². The van der Waals surface area contributed by atoms with Gasteiger partial charge < -0.3 is 4.40 Å². The SMILES string of the molecule is Cc1ccc2nc(C(Cl)Cl)cn2c1.Cl. The molecule has 76 valence electrons. The average molecular weight is 252 g/mol. The van der Waals surface area contributed by atoms with Crippen LogP contribution in [0, 0.1) is 6.92 Å². The van der Waals surface area contributed by atoms with Gasteiger partial charge in [0.25, 0.3) is 0 Å². The lowest BCUT2D eigenvalue weighted by Crippen LogP contribution is -1.82. The van der Waals surface area contributed by atoms with Gasteiger partial charge in [-0.25, -0.2) is 4.98 Å². The molecule has 0 spiro atoms. The molecule has 5 heteroatoms. The van der Waals surface area contributed by atoms with E-state index in [0.29, 0.717) is 5.69 Å². The predicted molar refractivity (Wildman–Crippen MR) is 61.6 cm³/mol. The molecule has 2 aromatic heterocycles. The molecule has 0 aliphatic heterocycles. The summed E-state index contributed by atoms with van der Waals surface area (Å²) in [6.07, 6.45) is 3.83. The fourth-order valence-electron chi connectivity index (χ4n) is 1.23. The van der Waals surface area contributed by atoms with E-state index in [0.717, 1.165) is 5.65 Å². The predicted octanol–water partition coefficient (Wildman–Crippen LogP) is 3.54. The molecule has 0 saturated carbocycles.